The quantitative estimate of drug-likeness (QED) is 0.151. The van der Waals surface area contributed by atoms with Gasteiger partial charge in [-0.2, -0.15) is 0 Å². The molecule has 47 heavy (non-hydrogen) atoms. The number of rotatable bonds is 8. The fraction of sp³-hybridized carbons (Fsp3) is 0.350. The lowest BCUT2D eigenvalue weighted by atomic mass is 10.0. The molecule has 7 heteroatoms. The number of amides is 2. The molecule has 0 fully saturated rings. The van der Waals surface area contributed by atoms with E-state index in [9.17, 15) is 9.59 Å². The van der Waals surface area contributed by atoms with Gasteiger partial charge in [-0.25, -0.2) is 0 Å². The molecule has 1 heterocycles. The van der Waals surface area contributed by atoms with E-state index in [0.29, 0.717) is 30.0 Å². The maximum absolute atomic E-state index is 13.9. The molecule has 0 aliphatic carbocycles. The van der Waals surface area contributed by atoms with Gasteiger partial charge in [0.1, 0.15) is 0 Å². The van der Waals surface area contributed by atoms with Crippen molar-refractivity contribution in [2.24, 2.45) is 0 Å². The van der Waals surface area contributed by atoms with E-state index < -0.39 is 0 Å². The van der Waals surface area contributed by atoms with Crippen molar-refractivity contribution in [2.45, 2.75) is 87.9 Å². The minimum Gasteiger partial charge on any atom is -0.331 e. The first kappa shape index (κ1) is 39.3. The molecule has 0 aromatic heterocycles. The van der Waals surface area contributed by atoms with Gasteiger partial charge in [0.15, 0.2) is 9.03 Å². The molecule has 0 radical (unpaired) electrons. The number of nitrogens with one attached hydrogen (secondary N) is 1. The van der Waals surface area contributed by atoms with Crippen LogP contribution < -0.4 is 10.2 Å². The van der Waals surface area contributed by atoms with E-state index in [2.05, 4.69) is 18.3 Å². The summed E-state index contributed by atoms with van der Waals surface area (Å²) in [7, 11) is -0.101. The molecule has 1 aliphatic heterocycles. The van der Waals surface area contributed by atoms with E-state index in [4.69, 9.17) is 9.05 Å². The van der Waals surface area contributed by atoms with Gasteiger partial charge in [0.05, 0.1) is 12.7 Å². The molecule has 4 aromatic rings. The predicted octanol–water partition coefficient (Wildman–Crippen LogP) is 11.2. The van der Waals surface area contributed by atoms with E-state index in [0.717, 1.165) is 46.3 Å². The van der Waals surface area contributed by atoms with Gasteiger partial charge in [-0.05, 0) is 80.6 Å². The summed E-state index contributed by atoms with van der Waals surface area (Å²) in [5, 5.41) is 2.97. The molecule has 4 aromatic carbocycles. The molecule has 1 aliphatic rings. The molecule has 2 amide bonds. The van der Waals surface area contributed by atoms with Gasteiger partial charge in [0, 0.05) is 34.6 Å². The molecule has 0 spiro atoms. The summed E-state index contributed by atoms with van der Waals surface area (Å²) in [5.74, 6) is -0.231. The van der Waals surface area contributed by atoms with Gasteiger partial charge >= 0.3 is 0 Å². The van der Waals surface area contributed by atoms with E-state index in [-0.39, 0.29) is 27.0 Å². The predicted molar refractivity (Wildman–Crippen MR) is 200 cm³/mol. The topological polar surface area (TPSA) is 67.9 Å². The Hall–Kier alpha value is -3.83. The summed E-state index contributed by atoms with van der Waals surface area (Å²) in [4.78, 5) is 28.6. The van der Waals surface area contributed by atoms with Gasteiger partial charge in [0.2, 0.25) is 0 Å². The Morgan fingerprint density at radius 1 is 0.787 bits per heavy atom. The summed E-state index contributed by atoms with van der Waals surface area (Å²) >= 11 is 0. The molecular weight excluding hydrogens is 603 g/mol. The number of anilines is 2. The SMILES string of the molecule is CC.CC.CC.Cc1ccc2c(c1)C(OPOCc1ccccc1)CCCN2C(=O)c1ccc(NC(=O)c2ccccc2C)cc1C. The summed E-state index contributed by atoms with van der Waals surface area (Å²) in [5.41, 5.74) is 7.71. The second kappa shape index (κ2) is 21.1. The van der Waals surface area contributed by atoms with Crippen LogP contribution in [0.15, 0.2) is 91.0 Å². The third-order valence-electron chi connectivity index (χ3n) is 7.35. The fourth-order valence-corrected chi connectivity index (χ4v) is 5.81. The number of nitrogens with zero attached hydrogens (tertiary/aromatic N) is 1. The number of hydrogen-bond donors (Lipinski definition) is 1. The highest BCUT2D eigenvalue weighted by Gasteiger charge is 2.29. The molecule has 1 N–H and O–H groups in total. The second-order valence-corrected chi connectivity index (χ2v) is 11.1. The lowest BCUT2D eigenvalue weighted by Gasteiger charge is -2.25. The maximum Gasteiger partial charge on any atom is 0.258 e. The third-order valence-corrected chi connectivity index (χ3v) is 7.99. The lowest BCUT2D eigenvalue weighted by Crippen LogP contribution is -2.32. The van der Waals surface area contributed by atoms with Gasteiger partial charge in [-0.15, -0.1) is 0 Å². The van der Waals surface area contributed by atoms with Gasteiger partial charge in [-0.1, -0.05) is 108 Å². The zero-order valence-electron chi connectivity index (χ0n) is 29.6. The van der Waals surface area contributed by atoms with Crippen LogP contribution in [0.5, 0.6) is 0 Å². The standard InChI is InChI=1S/C34H35N2O4P.3C2H6/c1-23-15-18-31-30(20-23)32(40-41-39-22-26-11-5-4-6-12-26)14-9-19-36(31)34(38)29-17-16-27(21-25(29)3)35-33(37)28-13-8-7-10-24(28)2;3*1-2/h4-8,10-13,15-18,20-21,32,41H,9,14,19,22H2,1-3H3,(H,35,37);3*1-2H3. The van der Waals surface area contributed by atoms with Crippen molar-refractivity contribution < 1.29 is 18.6 Å². The average molecular weight is 657 g/mol. The fourth-order valence-electron chi connectivity index (χ4n) is 5.15. The first-order valence-corrected chi connectivity index (χ1v) is 17.7. The highest BCUT2D eigenvalue weighted by Crippen LogP contribution is 2.40. The van der Waals surface area contributed by atoms with E-state index in [1.54, 1.807) is 18.2 Å². The Balaban J connectivity index is 0.00000121. The number of carbonyl (C=O) groups excluding carboxylic acids is 2. The van der Waals surface area contributed by atoms with Crippen LogP contribution in [0.4, 0.5) is 11.4 Å². The van der Waals surface area contributed by atoms with Crippen molar-refractivity contribution in [1.29, 1.82) is 0 Å². The maximum atomic E-state index is 13.9. The first-order chi connectivity index (χ1) is 22.9. The second-order valence-electron chi connectivity index (χ2n) is 10.4. The number of fused-ring (bicyclic) bond motifs is 1. The monoisotopic (exact) mass is 656 g/mol. The average Bonchev–Trinajstić information content (AvgIpc) is 3.28. The van der Waals surface area contributed by atoms with Crippen molar-refractivity contribution in [3.63, 3.8) is 0 Å². The van der Waals surface area contributed by atoms with Crippen LogP contribution in [-0.2, 0) is 15.7 Å². The highest BCUT2D eigenvalue weighted by atomic mass is 31.1. The van der Waals surface area contributed by atoms with Crippen molar-refractivity contribution in [1.82, 2.24) is 0 Å². The van der Waals surface area contributed by atoms with Crippen LogP contribution in [0.3, 0.4) is 0 Å². The van der Waals surface area contributed by atoms with Crippen LogP contribution in [0.1, 0.15) is 109 Å². The van der Waals surface area contributed by atoms with E-state index in [1.165, 1.54) is 0 Å². The number of aryl methyl sites for hydroxylation is 3. The Bertz CT molecular complexity index is 1540. The molecule has 252 valence electrons. The minimum atomic E-state index is -0.169. The van der Waals surface area contributed by atoms with Crippen LogP contribution in [-0.4, -0.2) is 18.4 Å². The molecule has 0 saturated carbocycles. The van der Waals surface area contributed by atoms with Gasteiger partial charge in [-0.3, -0.25) is 9.59 Å². The third kappa shape index (κ3) is 11.1. The number of benzene rings is 4. The minimum absolute atomic E-state index is 0.0622. The highest BCUT2D eigenvalue weighted by molar-refractivity contribution is 7.26. The van der Waals surface area contributed by atoms with E-state index in [1.807, 2.05) is 127 Å². The zero-order valence-corrected chi connectivity index (χ0v) is 30.6. The summed E-state index contributed by atoms with van der Waals surface area (Å²) in [6.45, 7) is 19.0. The summed E-state index contributed by atoms with van der Waals surface area (Å²) < 4.78 is 12.1. The first-order valence-electron chi connectivity index (χ1n) is 16.9. The zero-order chi connectivity index (χ0) is 34.8. The van der Waals surface area contributed by atoms with Crippen LogP contribution >= 0.6 is 9.03 Å². The summed E-state index contributed by atoms with van der Waals surface area (Å²) in [6, 6.07) is 29.1. The lowest BCUT2D eigenvalue weighted by molar-refractivity contribution is 0.0985. The molecular formula is C40H53N2O4P. The van der Waals surface area contributed by atoms with Gasteiger partial charge < -0.3 is 19.3 Å². The molecule has 5 rings (SSSR count). The normalized spacial score (nSPS) is 13.5. The van der Waals surface area contributed by atoms with Crippen molar-refractivity contribution in [3.05, 3.63) is 130 Å². The Morgan fingerprint density at radius 3 is 2.15 bits per heavy atom. The van der Waals surface area contributed by atoms with Crippen molar-refractivity contribution >= 4 is 32.2 Å². The van der Waals surface area contributed by atoms with Gasteiger partial charge in [0.25, 0.3) is 11.8 Å². The Kier molecular flexibility index (Phi) is 17.7. The van der Waals surface area contributed by atoms with Crippen LogP contribution in [0.25, 0.3) is 0 Å². The molecule has 0 bridgehead atoms. The number of hydrogen-bond acceptors (Lipinski definition) is 4. The molecule has 6 nitrogen and oxygen atoms in total. The van der Waals surface area contributed by atoms with Crippen molar-refractivity contribution in [3.8, 4) is 0 Å². The summed E-state index contributed by atoms with van der Waals surface area (Å²) in [6.07, 6.45) is 1.44. The Labute approximate surface area is 284 Å². The Morgan fingerprint density at radius 2 is 1.47 bits per heavy atom. The molecule has 2 unspecified atom stereocenters. The largest absolute Gasteiger partial charge is 0.331 e. The molecule has 2 atom stereocenters. The molecule has 0 saturated heterocycles. The van der Waals surface area contributed by atoms with Crippen LogP contribution in [0.2, 0.25) is 0 Å². The van der Waals surface area contributed by atoms with Crippen LogP contribution in [0, 0.1) is 20.8 Å². The van der Waals surface area contributed by atoms with Crippen molar-refractivity contribution in [2.75, 3.05) is 16.8 Å². The number of carbonyl (C=O) groups is 2. The van der Waals surface area contributed by atoms with E-state index >= 15 is 0 Å². The smallest absolute Gasteiger partial charge is 0.258 e.